The largest absolute Gasteiger partial charge is 0.311 e. The highest BCUT2D eigenvalue weighted by Gasteiger charge is 2.17. The molecule has 130 valence electrons. The summed E-state index contributed by atoms with van der Waals surface area (Å²) in [5, 5.41) is 23.4. The lowest BCUT2D eigenvalue weighted by Crippen LogP contribution is -2.32. The third-order valence-corrected chi connectivity index (χ3v) is 3.94. The van der Waals surface area contributed by atoms with Crippen LogP contribution in [0.4, 0.5) is 11.4 Å². The molecule has 0 fully saturated rings. The fraction of sp³-hybridized carbons (Fsp3) is 0.353. The monoisotopic (exact) mass is 341 g/mol. The number of carbonyl (C=O) groups is 1. The Balaban J connectivity index is 2.10. The van der Waals surface area contributed by atoms with Crippen molar-refractivity contribution in [3.05, 3.63) is 51.8 Å². The SMILES string of the molecule is Cc1ccc(N(CCC#N)C(=O)CCn2cc([N+](=O)[O-])cn2)cc1C. The van der Waals surface area contributed by atoms with E-state index in [9.17, 15) is 14.9 Å². The van der Waals surface area contributed by atoms with Gasteiger partial charge in [-0.1, -0.05) is 6.07 Å². The van der Waals surface area contributed by atoms with Gasteiger partial charge in [0.05, 0.1) is 17.4 Å². The van der Waals surface area contributed by atoms with Gasteiger partial charge < -0.3 is 4.90 Å². The van der Waals surface area contributed by atoms with Crippen molar-refractivity contribution in [1.82, 2.24) is 9.78 Å². The number of nitriles is 1. The molecule has 0 radical (unpaired) electrons. The molecule has 2 aromatic rings. The molecule has 25 heavy (non-hydrogen) atoms. The minimum atomic E-state index is -0.528. The standard InChI is InChI=1S/C17H19N5O3/c1-13-4-5-15(10-14(13)2)21(8-3-7-18)17(23)6-9-20-12-16(11-19-20)22(24)25/h4-5,10-12H,3,6,8-9H2,1-2H3. The number of aromatic nitrogens is 2. The third-order valence-electron chi connectivity index (χ3n) is 3.94. The lowest BCUT2D eigenvalue weighted by molar-refractivity contribution is -0.385. The van der Waals surface area contributed by atoms with Gasteiger partial charge in [-0.3, -0.25) is 19.6 Å². The van der Waals surface area contributed by atoms with E-state index in [4.69, 9.17) is 5.26 Å². The summed E-state index contributed by atoms with van der Waals surface area (Å²) in [4.78, 5) is 24.3. The average Bonchev–Trinajstić information content (AvgIpc) is 3.05. The van der Waals surface area contributed by atoms with Gasteiger partial charge in [0, 0.05) is 25.2 Å². The van der Waals surface area contributed by atoms with Gasteiger partial charge in [0.25, 0.3) is 0 Å². The highest BCUT2D eigenvalue weighted by molar-refractivity contribution is 5.93. The summed E-state index contributed by atoms with van der Waals surface area (Å²) in [5.74, 6) is -0.156. The summed E-state index contributed by atoms with van der Waals surface area (Å²) < 4.78 is 1.37. The molecule has 1 amide bonds. The predicted molar refractivity (Wildman–Crippen MR) is 92.0 cm³/mol. The van der Waals surface area contributed by atoms with Crippen molar-refractivity contribution in [1.29, 1.82) is 5.26 Å². The van der Waals surface area contributed by atoms with Crippen LogP contribution in [-0.2, 0) is 11.3 Å². The molecule has 1 aromatic carbocycles. The summed E-state index contributed by atoms with van der Waals surface area (Å²) >= 11 is 0. The molecule has 0 atom stereocenters. The van der Waals surface area contributed by atoms with Gasteiger partial charge in [-0.2, -0.15) is 10.4 Å². The number of benzene rings is 1. The highest BCUT2D eigenvalue weighted by Crippen LogP contribution is 2.20. The molecule has 0 bridgehead atoms. The second-order valence-corrected chi connectivity index (χ2v) is 5.69. The normalized spacial score (nSPS) is 10.3. The molecule has 0 N–H and O–H groups in total. The summed E-state index contributed by atoms with van der Waals surface area (Å²) in [6, 6.07) is 7.77. The minimum absolute atomic E-state index is 0.108. The lowest BCUT2D eigenvalue weighted by Gasteiger charge is -2.22. The van der Waals surface area contributed by atoms with Gasteiger partial charge in [-0.15, -0.1) is 0 Å². The van der Waals surface area contributed by atoms with E-state index in [1.54, 1.807) is 4.90 Å². The Bertz CT molecular complexity index is 822. The van der Waals surface area contributed by atoms with Crippen molar-refractivity contribution in [2.45, 2.75) is 33.2 Å². The number of amides is 1. The maximum absolute atomic E-state index is 12.6. The molecule has 2 rings (SSSR count). The fourth-order valence-corrected chi connectivity index (χ4v) is 2.37. The number of nitro groups is 1. The molecule has 0 saturated carbocycles. The maximum atomic E-state index is 12.6. The van der Waals surface area contributed by atoms with Crippen LogP contribution in [0.5, 0.6) is 0 Å². The van der Waals surface area contributed by atoms with E-state index >= 15 is 0 Å². The van der Waals surface area contributed by atoms with E-state index < -0.39 is 4.92 Å². The van der Waals surface area contributed by atoms with E-state index in [-0.39, 0.29) is 31.0 Å². The molecule has 8 heteroatoms. The zero-order valence-electron chi connectivity index (χ0n) is 14.2. The Morgan fingerprint density at radius 2 is 2.16 bits per heavy atom. The van der Waals surface area contributed by atoms with Crippen LogP contribution in [-0.4, -0.2) is 27.2 Å². The van der Waals surface area contributed by atoms with E-state index in [0.717, 1.165) is 23.0 Å². The Morgan fingerprint density at radius 1 is 1.40 bits per heavy atom. The first-order valence-electron chi connectivity index (χ1n) is 7.84. The van der Waals surface area contributed by atoms with Crippen LogP contribution < -0.4 is 4.90 Å². The molecule has 0 aliphatic rings. The Hall–Kier alpha value is -3.21. The van der Waals surface area contributed by atoms with Gasteiger partial charge in [-0.05, 0) is 37.1 Å². The van der Waals surface area contributed by atoms with Crippen LogP contribution in [0, 0.1) is 35.3 Å². The van der Waals surface area contributed by atoms with Crippen LogP contribution in [0.2, 0.25) is 0 Å². The van der Waals surface area contributed by atoms with Crippen LogP contribution in [0.1, 0.15) is 24.0 Å². The first-order chi connectivity index (χ1) is 11.9. The minimum Gasteiger partial charge on any atom is -0.311 e. The number of aryl methyl sites for hydroxylation is 3. The molecular weight excluding hydrogens is 322 g/mol. The quantitative estimate of drug-likeness (QED) is 0.569. The highest BCUT2D eigenvalue weighted by atomic mass is 16.6. The van der Waals surface area contributed by atoms with Crippen molar-refractivity contribution in [2.24, 2.45) is 0 Å². The number of rotatable bonds is 7. The average molecular weight is 341 g/mol. The number of carbonyl (C=O) groups excluding carboxylic acids is 1. The van der Waals surface area contributed by atoms with Crippen LogP contribution in [0.3, 0.4) is 0 Å². The van der Waals surface area contributed by atoms with E-state index in [1.807, 2.05) is 32.0 Å². The predicted octanol–water partition coefficient (Wildman–Crippen LogP) is 2.75. The van der Waals surface area contributed by atoms with Crippen LogP contribution in [0.25, 0.3) is 0 Å². The fourth-order valence-electron chi connectivity index (χ4n) is 2.37. The summed E-state index contributed by atoms with van der Waals surface area (Å²) in [6.45, 7) is 4.50. The zero-order chi connectivity index (χ0) is 18.4. The molecular formula is C17H19N5O3. The Morgan fingerprint density at radius 3 is 2.76 bits per heavy atom. The number of nitrogens with zero attached hydrogens (tertiary/aromatic N) is 5. The van der Waals surface area contributed by atoms with Gasteiger partial charge in [0.15, 0.2) is 0 Å². The van der Waals surface area contributed by atoms with Crippen LogP contribution in [0.15, 0.2) is 30.6 Å². The first kappa shape index (κ1) is 18.1. The second kappa shape index (κ2) is 8.06. The van der Waals surface area contributed by atoms with Crippen molar-refractivity contribution in [3.8, 4) is 6.07 Å². The van der Waals surface area contributed by atoms with E-state index in [0.29, 0.717) is 6.54 Å². The topological polar surface area (TPSA) is 105 Å². The van der Waals surface area contributed by atoms with Gasteiger partial charge >= 0.3 is 5.69 Å². The first-order valence-corrected chi connectivity index (χ1v) is 7.84. The molecule has 0 unspecified atom stereocenters. The number of hydrogen-bond donors (Lipinski definition) is 0. The molecule has 1 aromatic heterocycles. The molecule has 0 spiro atoms. The maximum Gasteiger partial charge on any atom is 0.306 e. The summed E-state index contributed by atoms with van der Waals surface area (Å²) in [7, 11) is 0. The van der Waals surface area contributed by atoms with Crippen molar-refractivity contribution in [2.75, 3.05) is 11.4 Å². The number of anilines is 1. The summed E-state index contributed by atoms with van der Waals surface area (Å²) in [5.41, 5.74) is 2.83. The molecule has 8 nitrogen and oxygen atoms in total. The number of hydrogen-bond acceptors (Lipinski definition) is 5. The van der Waals surface area contributed by atoms with E-state index in [1.165, 1.54) is 10.9 Å². The molecule has 0 saturated heterocycles. The van der Waals surface area contributed by atoms with E-state index in [2.05, 4.69) is 11.2 Å². The van der Waals surface area contributed by atoms with Gasteiger partial charge in [-0.25, -0.2) is 0 Å². The van der Waals surface area contributed by atoms with Crippen molar-refractivity contribution in [3.63, 3.8) is 0 Å². The lowest BCUT2D eigenvalue weighted by atomic mass is 10.1. The smallest absolute Gasteiger partial charge is 0.306 e. The molecule has 0 aliphatic carbocycles. The third kappa shape index (κ3) is 4.64. The molecule has 0 aliphatic heterocycles. The summed E-state index contributed by atoms with van der Waals surface area (Å²) in [6.07, 6.45) is 2.81. The second-order valence-electron chi connectivity index (χ2n) is 5.69. The molecule has 1 heterocycles. The van der Waals surface area contributed by atoms with Gasteiger partial charge in [0.2, 0.25) is 5.91 Å². The van der Waals surface area contributed by atoms with Crippen LogP contribution >= 0.6 is 0 Å². The Labute approximate surface area is 145 Å². The zero-order valence-corrected chi connectivity index (χ0v) is 14.2. The Kier molecular flexibility index (Phi) is 5.84. The van der Waals surface area contributed by atoms with Crippen molar-refractivity contribution < 1.29 is 9.72 Å². The van der Waals surface area contributed by atoms with Gasteiger partial charge in [0.1, 0.15) is 12.4 Å². The van der Waals surface area contributed by atoms with Crippen molar-refractivity contribution >= 4 is 17.3 Å².